The summed E-state index contributed by atoms with van der Waals surface area (Å²) in [5.41, 5.74) is 2.72. The highest BCUT2D eigenvalue weighted by Gasteiger charge is 2.15. The maximum atomic E-state index is 12.2. The Balaban J connectivity index is 1.32. The van der Waals surface area contributed by atoms with Crippen molar-refractivity contribution in [2.24, 2.45) is 0 Å². The molecule has 0 unspecified atom stereocenters. The van der Waals surface area contributed by atoms with Crippen molar-refractivity contribution in [1.82, 2.24) is 19.9 Å². The van der Waals surface area contributed by atoms with Crippen molar-refractivity contribution in [2.75, 3.05) is 36.9 Å². The van der Waals surface area contributed by atoms with Gasteiger partial charge in [0.05, 0.1) is 28.5 Å². The summed E-state index contributed by atoms with van der Waals surface area (Å²) in [4.78, 5) is 27.8. The maximum Gasteiger partial charge on any atom is 0.247 e. The van der Waals surface area contributed by atoms with Gasteiger partial charge in [0.25, 0.3) is 0 Å². The first-order valence-corrected chi connectivity index (χ1v) is 13.6. The van der Waals surface area contributed by atoms with Gasteiger partial charge in [-0.1, -0.05) is 24.2 Å². The van der Waals surface area contributed by atoms with Crippen LogP contribution in [0.1, 0.15) is 25.0 Å². The van der Waals surface area contributed by atoms with Crippen LogP contribution < -0.4 is 20.1 Å². The number of benzene rings is 2. The van der Waals surface area contributed by atoms with E-state index in [2.05, 4.69) is 37.1 Å². The van der Waals surface area contributed by atoms with Crippen molar-refractivity contribution >= 4 is 45.6 Å². The number of hydrogen-bond donors (Lipinski definition) is 2. The average molecular weight is 559 g/mol. The van der Waals surface area contributed by atoms with Crippen LogP contribution in [0.5, 0.6) is 11.5 Å². The summed E-state index contributed by atoms with van der Waals surface area (Å²) >= 11 is 6.51. The molecule has 40 heavy (non-hydrogen) atoms. The lowest BCUT2D eigenvalue weighted by Crippen LogP contribution is -2.22. The van der Waals surface area contributed by atoms with Crippen LogP contribution in [0.15, 0.2) is 73.7 Å². The molecule has 1 fully saturated rings. The highest BCUT2D eigenvalue weighted by atomic mass is 35.5. The molecule has 9 nitrogen and oxygen atoms in total. The quantitative estimate of drug-likeness (QED) is 0.161. The highest BCUT2D eigenvalue weighted by Crippen LogP contribution is 2.35. The normalized spacial score (nSPS) is 13.2. The molecule has 0 spiro atoms. The minimum absolute atomic E-state index is 0.311. The topological polar surface area (TPSA) is 102 Å². The van der Waals surface area contributed by atoms with E-state index in [9.17, 15) is 4.79 Å². The molecule has 0 atom stereocenters. The Hall–Kier alpha value is -4.21. The van der Waals surface area contributed by atoms with E-state index in [1.54, 1.807) is 24.4 Å². The van der Waals surface area contributed by atoms with Crippen LogP contribution in [0, 0.1) is 0 Å². The van der Waals surface area contributed by atoms with Gasteiger partial charge in [-0.05, 0) is 74.8 Å². The fraction of sp³-hybridized carbons (Fsp3) is 0.267. The Kier molecular flexibility index (Phi) is 9.05. The molecule has 0 radical (unpaired) electrons. The minimum Gasteiger partial charge on any atom is -0.491 e. The van der Waals surface area contributed by atoms with E-state index in [4.69, 9.17) is 21.1 Å². The number of anilines is 3. The number of amides is 1. The maximum absolute atomic E-state index is 12.2. The number of hydrogen-bond acceptors (Lipinski definition) is 8. The molecular formula is C30H31ClN6O3. The Morgan fingerprint density at radius 2 is 1.93 bits per heavy atom. The van der Waals surface area contributed by atoms with Crippen LogP contribution >= 0.6 is 11.6 Å². The third-order valence-electron chi connectivity index (χ3n) is 6.55. The summed E-state index contributed by atoms with van der Waals surface area (Å²) in [7, 11) is 0. The molecular weight excluding hydrogens is 528 g/mol. The molecule has 2 N–H and O–H groups in total. The van der Waals surface area contributed by atoms with Crippen LogP contribution in [0.3, 0.4) is 0 Å². The van der Waals surface area contributed by atoms with E-state index >= 15 is 0 Å². The molecule has 5 rings (SSSR count). The van der Waals surface area contributed by atoms with Gasteiger partial charge >= 0.3 is 0 Å². The van der Waals surface area contributed by atoms with Gasteiger partial charge in [0.15, 0.2) is 0 Å². The summed E-state index contributed by atoms with van der Waals surface area (Å²) in [5, 5.41) is 7.31. The third-order valence-corrected chi connectivity index (χ3v) is 6.85. The van der Waals surface area contributed by atoms with Crippen molar-refractivity contribution in [3.63, 3.8) is 0 Å². The Bertz CT molecular complexity index is 1480. The predicted octanol–water partition coefficient (Wildman–Crippen LogP) is 5.99. The van der Waals surface area contributed by atoms with Gasteiger partial charge in [-0.15, -0.1) is 0 Å². The Labute approximate surface area is 238 Å². The number of halogens is 1. The molecule has 3 heterocycles. The fourth-order valence-electron chi connectivity index (χ4n) is 4.53. The van der Waals surface area contributed by atoms with E-state index in [1.807, 2.05) is 30.3 Å². The molecule has 1 amide bonds. The van der Waals surface area contributed by atoms with Gasteiger partial charge < -0.3 is 25.0 Å². The Morgan fingerprint density at radius 1 is 1.05 bits per heavy atom. The summed E-state index contributed by atoms with van der Waals surface area (Å²) < 4.78 is 11.9. The van der Waals surface area contributed by atoms with Crippen molar-refractivity contribution in [3.05, 3.63) is 84.4 Å². The zero-order chi connectivity index (χ0) is 27.7. The standard InChI is InChI=1S/C30H31ClN6O3/c1-2-29(38)36-26-17-23-25(18-28(26)39-15-7-14-37-12-5-6-13-37)33-20-34-30(23)35-21-9-10-27(24(31)16-21)40-19-22-8-3-4-11-32-22/h2-4,8-11,16-18,20H,1,5-7,12-15,19H2,(H,36,38)(H,33,34,35). The van der Waals surface area contributed by atoms with Crippen LogP contribution in [-0.2, 0) is 11.4 Å². The largest absolute Gasteiger partial charge is 0.491 e. The number of pyridine rings is 1. The molecule has 1 aliphatic heterocycles. The van der Waals surface area contributed by atoms with Gasteiger partial charge in [-0.3, -0.25) is 9.78 Å². The molecule has 2 aromatic heterocycles. The molecule has 10 heteroatoms. The number of carbonyl (C=O) groups excluding carboxylic acids is 1. The number of nitrogens with one attached hydrogen (secondary N) is 2. The van der Waals surface area contributed by atoms with E-state index in [0.717, 1.165) is 31.7 Å². The van der Waals surface area contributed by atoms with Gasteiger partial charge in [0, 0.05) is 29.9 Å². The highest BCUT2D eigenvalue weighted by molar-refractivity contribution is 6.32. The molecule has 1 aliphatic rings. The SMILES string of the molecule is C=CC(=O)Nc1cc2c(Nc3ccc(OCc4ccccn4)c(Cl)c3)ncnc2cc1OCCCN1CCCC1. The van der Waals surface area contributed by atoms with E-state index in [0.29, 0.717) is 57.8 Å². The van der Waals surface area contributed by atoms with E-state index in [1.165, 1.54) is 25.2 Å². The van der Waals surface area contributed by atoms with Gasteiger partial charge in [0.2, 0.25) is 5.91 Å². The number of rotatable bonds is 12. The van der Waals surface area contributed by atoms with Crippen LogP contribution in [0.2, 0.25) is 5.02 Å². The number of fused-ring (bicyclic) bond motifs is 1. The number of ether oxygens (including phenoxy) is 2. The number of likely N-dealkylation sites (tertiary alicyclic amines) is 1. The molecule has 0 aliphatic carbocycles. The first kappa shape index (κ1) is 27.4. The smallest absolute Gasteiger partial charge is 0.247 e. The predicted molar refractivity (Wildman–Crippen MR) is 157 cm³/mol. The first-order chi connectivity index (χ1) is 19.6. The molecule has 206 valence electrons. The molecule has 0 saturated carbocycles. The molecule has 0 bridgehead atoms. The van der Waals surface area contributed by atoms with Crippen molar-refractivity contribution in [3.8, 4) is 11.5 Å². The average Bonchev–Trinajstić information content (AvgIpc) is 3.49. The lowest BCUT2D eigenvalue weighted by Gasteiger charge is -2.17. The molecule has 2 aromatic carbocycles. The second-order valence-electron chi connectivity index (χ2n) is 9.41. The number of aromatic nitrogens is 3. The monoisotopic (exact) mass is 558 g/mol. The summed E-state index contributed by atoms with van der Waals surface area (Å²) in [6, 6.07) is 14.7. The minimum atomic E-state index is -0.333. The van der Waals surface area contributed by atoms with Gasteiger partial charge in [-0.25, -0.2) is 9.97 Å². The van der Waals surface area contributed by atoms with Gasteiger partial charge in [-0.2, -0.15) is 0 Å². The van der Waals surface area contributed by atoms with Crippen molar-refractivity contribution < 1.29 is 14.3 Å². The lowest BCUT2D eigenvalue weighted by molar-refractivity contribution is -0.111. The Morgan fingerprint density at radius 3 is 2.70 bits per heavy atom. The van der Waals surface area contributed by atoms with Crippen LogP contribution in [0.4, 0.5) is 17.2 Å². The zero-order valence-electron chi connectivity index (χ0n) is 22.1. The molecule has 1 saturated heterocycles. The molecule has 4 aromatic rings. The number of nitrogens with zero attached hydrogens (tertiary/aromatic N) is 4. The fourth-order valence-corrected chi connectivity index (χ4v) is 4.76. The van der Waals surface area contributed by atoms with E-state index in [-0.39, 0.29) is 5.91 Å². The van der Waals surface area contributed by atoms with E-state index < -0.39 is 0 Å². The van der Waals surface area contributed by atoms with Crippen LogP contribution in [0.25, 0.3) is 10.9 Å². The number of carbonyl (C=O) groups is 1. The summed E-state index contributed by atoms with van der Waals surface area (Å²) in [6.07, 6.45) is 7.84. The van der Waals surface area contributed by atoms with Crippen molar-refractivity contribution in [2.45, 2.75) is 25.9 Å². The zero-order valence-corrected chi connectivity index (χ0v) is 22.9. The second kappa shape index (κ2) is 13.2. The van der Waals surface area contributed by atoms with Crippen molar-refractivity contribution in [1.29, 1.82) is 0 Å². The summed E-state index contributed by atoms with van der Waals surface area (Å²) in [6.45, 7) is 7.70. The van der Waals surface area contributed by atoms with Gasteiger partial charge in [0.1, 0.15) is 30.3 Å². The first-order valence-electron chi connectivity index (χ1n) is 13.3. The summed E-state index contributed by atoms with van der Waals surface area (Å²) in [5.74, 6) is 1.32. The second-order valence-corrected chi connectivity index (χ2v) is 9.82. The van der Waals surface area contributed by atoms with Crippen LogP contribution in [-0.4, -0.2) is 52.0 Å². The lowest BCUT2D eigenvalue weighted by atomic mass is 10.1. The third kappa shape index (κ3) is 7.05.